The van der Waals surface area contributed by atoms with E-state index in [0.29, 0.717) is 6.61 Å². The van der Waals surface area contributed by atoms with Gasteiger partial charge < -0.3 is 16.2 Å². The summed E-state index contributed by atoms with van der Waals surface area (Å²) in [5, 5.41) is 0. The van der Waals surface area contributed by atoms with E-state index in [0.717, 1.165) is 25.7 Å². The summed E-state index contributed by atoms with van der Waals surface area (Å²) in [6.07, 6.45) is 6.26. The number of carbonyl (C=O) groups excluding carboxylic acids is 1. The summed E-state index contributed by atoms with van der Waals surface area (Å²) >= 11 is 0. The topological polar surface area (TPSA) is 78.3 Å². The molecule has 0 spiro atoms. The zero-order valence-electron chi connectivity index (χ0n) is 9.50. The maximum Gasteiger partial charge on any atom is 0.246 e. The normalized spacial score (nSPS) is 23.1. The van der Waals surface area contributed by atoms with Crippen LogP contribution in [-0.4, -0.2) is 24.2 Å². The lowest BCUT2D eigenvalue weighted by molar-refractivity contribution is -0.129. The molecule has 1 aliphatic carbocycles. The highest BCUT2D eigenvalue weighted by Gasteiger charge is 2.27. The Morgan fingerprint density at radius 2 is 1.87 bits per heavy atom. The fourth-order valence-electron chi connectivity index (χ4n) is 1.95. The first-order valence-corrected chi connectivity index (χ1v) is 5.73. The lowest BCUT2D eigenvalue weighted by Gasteiger charge is -2.28. The Kier molecular flexibility index (Phi) is 4.54. The third kappa shape index (κ3) is 4.18. The van der Waals surface area contributed by atoms with Crippen molar-refractivity contribution in [2.75, 3.05) is 6.61 Å². The van der Waals surface area contributed by atoms with Crippen LogP contribution in [0.4, 0.5) is 0 Å². The predicted octanol–water partition coefficient (Wildman–Crippen LogP) is 0.928. The van der Waals surface area contributed by atoms with Gasteiger partial charge in [0.2, 0.25) is 5.91 Å². The van der Waals surface area contributed by atoms with Crippen LogP contribution in [0.1, 0.15) is 45.4 Å². The van der Waals surface area contributed by atoms with Gasteiger partial charge in [-0.2, -0.15) is 0 Å². The molecule has 1 unspecified atom stereocenters. The highest BCUT2D eigenvalue weighted by atomic mass is 16.5. The fourth-order valence-corrected chi connectivity index (χ4v) is 1.95. The first kappa shape index (κ1) is 12.5. The second-order valence-corrected chi connectivity index (χ2v) is 4.63. The number of carbonyl (C=O) groups is 1. The Bertz CT molecular complexity index is 211. The van der Waals surface area contributed by atoms with Crippen molar-refractivity contribution in [1.82, 2.24) is 0 Å². The molecular formula is C11H22N2O2. The number of ether oxygens (including phenoxy) is 1. The number of primary amides is 1. The third-order valence-corrected chi connectivity index (χ3v) is 3.12. The molecule has 0 aromatic heterocycles. The number of hydrogen-bond acceptors (Lipinski definition) is 3. The van der Waals surface area contributed by atoms with Crippen molar-refractivity contribution in [2.45, 2.75) is 57.1 Å². The van der Waals surface area contributed by atoms with Crippen LogP contribution in [0.15, 0.2) is 0 Å². The molecule has 15 heavy (non-hydrogen) atoms. The standard InChI is InChI=1S/C11H22N2O2/c1-9(10(12)14)15-8-11(13)6-4-2-3-5-7-11/h9H,2-8,13H2,1H3,(H2,12,14). The third-order valence-electron chi connectivity index (χ3n) is 3.12. The van der Waals surface area contributed by atoms with Crippen molar-refractivity contribution in [3.63, 3.8) is 0 Å². The van der Waals surface area contributed by atoms with E-state index in [-0.39, 0.29) is 5.54 Å². The van der Waals surface area contributed by atoms with Crippen LogP contribution < -0.4 is 11.5 Å². The van der Waals surface area contributed by atoms with Crippen molar-refractivity contribution in [3.05, 3.63) is 0 Å². The first-order chi connectivity index (χ1) is 7.03. The van der Waals surface area contributed by atoms with Crippen molar-refractivity contribution in [2.24, 2.45) is 11.5 Å². The van der Waals surface area contributed by atoms with Gasteiger partial charge in [-0.3, -0.25) is 4.79 Å². The van der Waals surface area contributed by atoms with Gasteiger partial charge in [0.05, 0.1) is 6.61 Å². The van der Waals surface area contributed by atoms with Crippen molar-refractivity contribution >= 4 is 5.91 Å². The summed E-state index contributed by atoms with van der Waals surface area (Å²) < 4.78 is 5.40. The van der Waals surface area contributed by atoms with E-state index in [2.05, 4.69) is 0 Å². The molecule has 4 N–H and O–H groups in total. The predicted molar refractivity (Wildman–Crippen MR) is 59.2 cm³/mol. The molecule has 88 valence electrons. The molecule has 1 aliphatic rings. The second-order valence-electron chi connectivity index (χ2n) is 4.63. The molecule has 0 aliphatic heterocycles. The van der Waals surface area contributed by atoms with Crippen LogP contribution in [-0.2, 0) is 9.53 Å². The molecule has 4 heteroatoms. The molecule has 1 rings (SSSR count). The molecule has 0 saturated heterocycles. The lowest BCUT2D eigenvalue weighted by atomic mass is 9.92. The Morgan fingerprint density at radius 3 is 2.33 bits per heavy atom. The maximum absolute atomic E-state index is 10.8. The molecule has 0 aromatic rings. The highest BCUT2D eigenvalue weighted by molar-refractivity contribution is 5.78. The van der Waals surface area contributed by atoms with E-state index in [1.165, 1.54) is 12.8 Å². The fraction of sp³-hybridized carbons (Fsp3) is 0.909. The van der Waals surface area contributed by atoms with Crippen LogP contribution in [0.25, 0.3) is 0 Å². The van der Waals surface area contributed by atoms with Gasteiger partial charge in [-0.05, 0) is 19.8 Å². The summed E-state index contributed by atoms with van der Waals surface area (Å²) in [6, 6.07) is 0. The highest BCUT2D eigenvalue weighted by Crippen LogP contribution is 2.25. The summed E-state index contributed by atoms with van der Waals surface area (Å²) in [6.45, 7) is 2.11. The average molecular weight is 214 g/mol. The van der Waals surface area contributed by atoms with E-state index in [1.54, 1.807) is 6.92 Å². The van der Waals surface area contributed by atoms with Crippen molar-refractivity contribution in [3.8, 4) is 0 Å². The number of amides is 1. The Balaban J connectivity index is 2.37. The monoisotopic (exact) mass is 214 g/mol. The molecule has 1 saturated carbocycles. The minimum atomic E-state index is -0.534. The van der Waals surface area contributed by atoms with Crippen molar-refractivity contribution in [1.29, 1.82) is 0 Å². The van der Waals surface area contributed by atoms with Gasteiger partial charge in [0.1, 0.15) is 6.10 Å². The molecule has 1 amide bonds. The molecule has 4 nitrogen and oxygen atoms in total. The van der Waals surface area contributed by atoms with Gasteiger partial charge in [-0.1, -0.05) is 25.7 Å². The number of rotatable bonds is 4. The SMILES string of the molecule is CC(OCC1(N)CCCCCC1)C(N)=O. The summed E-state index contributed by atoms with van der Waals surface area (Å²) in [7, 11) is 0. The average Bonchev–Trinajstić information content (AvgIpc) is 2.40. The first-order valence-electron chi connectivity index (χ1n) is 5.73. The molecule has 0 radical (unpaired) electrons. The van der Waals surface area contributed by atoms with Crippen LogP contribution in [0.5, 0.6) is 0 Å². The van der Waals surface area contributed by atoms with Gasteiger partial charge in [0, 0.05) is 5.54 Å². The minimum Gasteiger partial charge on any atom is -0.367 e. The summed E-state index contributed by atoms with van der Waals surface area (Å²) in [4.78, 5) is 10.8. The molecule has 0 bridgehead atoms. The van der Waals surface area contributed by atoms with Gasteiger partial charge in [0.15, 0.2) is 0 Å². The maximum atomic E-state index is 10.8. The van der Waals surface area contributed by atoms with Crippen LogP contribution in [0.3, 0.4) is 0 Å². The summed E-state index contributed by atoms with van der Waals surface area (Å²) in [5.74, 6) is -0.424. The number of hydrogen-bond donors (Lipinski definition) is 2. The molecule has 1 atom stereocenters. The Morgan fingerprint density at radius 1 is 1.33 bits per heavy atom. The molecular weight excluding hydrogens is 192 g/mol. The minimum absolute atomic E-state index is 0.250. The van der Waals surface area contributed by atoms with E-state index in [1.807, 2.05) is 0 Å². The van der Waals surface area contributed by atoms with Crippen LogP contribution >= 0.6 is 0 Å². The number of nitrogens with two attached hydrogens (primary N) is 2. The van der Waals surface area contributed by atoms with Gasteiger partial charge in [-0.25, -0.2) is 0 Å². The lowest BCUT2D eigenvalue weighted by Crippen LogP contribution is -2.46. The van der Waals surface area contributed by atoms with E-state index >= 15 is 0 Å². The van der Waals surface area contributed by atoms with Crippen molar-refractivity contribution < 1.29 is 9.53 Å². The molecule has 0 heterocycles. The van der Waals surface area contributed by atoms with Gasteiger partial charge in [-0.15, -0.1) is 0 Å². The van der Waals surface area contributed by atoms with E-state index in [9.17, 15) is 4.79 Å². The van der Waals surface area contributed by atoms with Gasteiger partial charge in [0.25, 0.3) is 0 Å². The molecule has 0 aromatic carbocycles. The quantitative estimate of drug-likeness (QED) is 0.683. The Hall–Kier alpha value is -0.610. The second kappa shape index (κ2) is 5.47. The summed E-state index contributed by atoms with van der Waals surface area (Å²) in [5.41, 5.74) is 11.1. The Labute approximate surface area is 91.3 Å². The van der Waals surface area contributed by atoms with Crippen LogP contribution in [0.2, 0.25) is 0 Å². The van der Waals surface area contributed by atoms with Crippen LogP contribution in [0, 0.1) is 0 Å². The zero-order valence-corrected chi connectivity index (χ0v) is 9.50. The largest absolute Gasteiger partial charge is 0.367 e. The smallest absolute Gasteiger partial charge is 0.246 e. The van der Waals surface area contributed by atoms with E-state index in [4.69, 9.17) is 16.2 Å². The zero-order chi connectivity index (χ0) is 11.3. The van der Waals surface area contributed by atoms with Gasteiger partial charge >= 0.3 is 0 Å². The van der Waals surface area contributed by atoms with E-state index < -0.39 is 12.0 Å². The molecule has 1 fully saturated rings.